The Morgan fingerprint density at radius 1 is 1.16 bits per heavy atom. The first-order valence-corrected chi connectivity index (χ1v) is 12.8. The van der Waals surface area contributed by atoms with E-state index in [1.165, 1.54) is 6.92 Å². The van der Waals surface area contributed by atoms with E-state index in [1.807, 2.05) is 18.2 Å². The minimum atomic E-state index is -0.391. The van der Waals surface area contributed by atoms with Crippen molar-refractivity contribution in [1.82, 2.24) is 20.2 Å². The van der Waals surface area contributed by atoms with Crippen LogP contribution in [0.2, 0.25) is 0 Å². The average Bonchev–Trinajstić information content (AvgIpc) is 2.89. The van der Waals surface area contributed by atoms with Crippen LogP contribution >= 0.6 is 0 Å². The first-order valence-electron chi connectivity index (χ1n) is 12.8. The molecule has 10 heteroatoms. The smallest absolute Gasteiger partial charge is 0.225 e. The van der Waals surface area contributed by atoms with E-state index in [9.17, 15) is 9.59 Å². The summed E-state index contributed by atoms with van der Waals surface area (Å²) >= 11 is 0. The van der Waals surface area contributed by atoms with Crippen molar-refractivity contribution in [1.29, 1.82) is 0 Å². The van der Waals surface area contributed by atoms with Gasteiger partial charge in [0.2, 0.25) is 17.8 Å². The van der Waals surface area contributed by atoms with Crippen molar-refractivity contribution in [3.8, 4) is 11.5 Å². The van der Waals surface area contributed by atoms with Gasteiger partial charge in [-0.05, 0) is 31.9 Å². The van der Waals surface area contributed by atoms with E-state index in [0.29, 0.717) is 50.0 Å². The molecule has 0 aliphatic carbocycles. The minimum absolute atomic E-state index is 0.0229. The quantitative estimate of drug-likeness (QED) is 0.396. The van der Waals surface area contributed by atoms with Crippen LogP contribution in [0.1, 0.15) is 63.8 Å². The lowest BCUT2D eigenvalue weighted by molar-refractivity contribution is -0.129. The molecule has 1 aliphatic rings. The Morgan fingerprint density at radius 3 is 2.59 bits per heavy atom. The van der Waals surface area contributed by atoms with Crippen molar-refractivity contribution in [3.05, 3.63) is 35.0 Å². The number of methoxy groups -OCH3 is 2. The topological polar surface area (TPSA) is 118 Å². The van der Waals surface area contributed by atoms with E-state index >= 15 is 0 Å². The fraction of sp³-hybridized carbons (Fsp3) is 0.556. The number of ether oxygens (including phenoxy) is 2. The van der Waals surface area contributed by atoms with Crippen LogP contribution in [0, 0.1) is 0 Å². The van der Waals surface area contributed by atoms with Gasteiger partial charge in [-0.3, -0.25) is 9.59 Å². The van der Waals surface area contributed by atoms with Gasteiger partial charge in [-0.2, -0.15) is 4.98 Å². The molecule has 2 aromatic rings. The van der Waals surface area contributed by atoms with Gasteiger partial charge in [-0.1, -0.05) is 19.8 Å². The van der Waals surface area contributed by atoms with Crippen molar-refractivity contribution in [2.24, 2.45) is 0 Å². The second-order valence-corrected chi connectivity index (χ2v) is 9.74. The van der Waals surface area contributed by atoms with Crippen LogP contribution in [0.5, 0.6) is 11.5 Å². The largest absolute Gasteiger partial charge is 0.497 e. The molecule has 37 heavy (non-hydrogen) atoms. The monoisotopic (exact) mass is 512 g/mol. The molecule has 0 fully saturated rings. The van der Waals surface area contributed by atoms with Crippen molar-refractivity contribution in [2.45, 2.75) is 72.0 Å². The summed E-state index contributed by atoms with van der Waals surface area (Å²) in [5.41, 5.74) is 2.37. The van der Waals surface area contributed by atoms with Gasteiger partial charge in [-0.15, -0.1) is 0 Å². The zero-order chi connectivity index (χ0) is 27.0. The van der Waals surface area contributed by atoms with Gasteiger partial charge in [0.25, 0.3) is 0 Å². The third-order valence-corrected chi connectivity index (χ3v) is 6.67. The molecule has 1 aliphatic heterocycles. The lowest BCUT2D eigenvalue weighted by atomic mass is 9.93. The lowest BCUT2D eigenvalue weighted by Crippen LogP contribution is -2.47. The molecule has 1 aromatic carbocycles. The number of hydrogen-bond acceptors (Lipinski definition) is 8. The number of hydrogen-bond donors (Lipinski definition) is 3. The van der Waals surface area contributed by atoms with Gasteiger partial charge in [0.15, 0.2) is 0 Å². The van der Waals surface area contributed by atoms with Gasteiger partial charge in [-0.25, -0.2) is 4.98 Å². The van der Waals surface area contributed by atoms with Crippen LogP contribution in [0.25, 0.3) is 0 Å². The number of carbonyl (C=O) groups is 2. The molecule has 3 N–H and O–H groups in total. The Balaban J connectivity index is 1.93. The van der Waals surface area contributed by atoms with Crippen LogP contribution < -0.4 is 25.4 Å². The molecule has 0 bridgehead atoms. The van der Waals surface area contributed by atoms with Gasteiger partial charge < -0.3 is 30.3 Å². The second-order valence-electron chi connectivity index (χ2n) is 9.74. The van der Waals surface area contributed by atoms with Gasteiger partial charge in [0.05, 0.1) is 32.0 Å². The highest BCUT2D eigenvalue weighted by Gasteiger charge is 2.29. The second kappa shape index (κ2) is 12.6. The highest BCUT2D eigenvalue weighted by atomic mass is 16.5. The summed E-state index contributed by atoms with van der Waals surface area (Å²) in [7, 11) is 3.24. The summed E-state index contributed by atoms with van der Waals surface area (Å²) in [6, 6.07) is 5.66. The van der Waals surface area contributed by atoms with Crippen LogP contribution in [-0.2, 0) is 29.1 Å². The molecule has 2 heterocycles. The average molecular weight is 513 g/mol. The molecular weight excluding hydrogens is 472 g/mol. The van der Waals surface area contributed by atoms with E-state index in [2.05, 4.69) is 29.8 Å². The number of benzene rings is 1. The van der Waals surface area contributed by atoms with Crippen molar-refractivity contribution in [2.75, 3.05) is 37.9 Å². The van der Waals surface area contributed by atoms with Gasteiger partial charge >= 0.3 is 0 Å². The van der Waals surface area contributed by atoms with Crippen LogP contribution in [0.4, 0.5) is 11.8 Å². The highest BCUT2D eigenvalue weighted by Crippen LogP contribution is 2.30. The van der Waals surface area contributed by atoms with E-state index < -0.39 is 5.54 Å². The number of fused-ring (bicyclic) bond motifs is 1. The highest BCUT2D eigenvalue weighted by molar-refractivity contribution is 5.74. The first kappa shape index (κ1) is 28.0. The summed E-state index contributed by atoms with van der Waals surface area (Å²) in [4.78, 5) is 35.2. The molecule has 202 valence electrons. The summed E-state index contributed by atoms with van der Waals surface area (Å²) in [6.07, 6.45) is 3.59. The Labute approximate surface area is 219 Å². The van der Waals surface area contributed by atoms with Gasteiger partial charge in [0.1, 0.15) is 17.3 Å². The maximum Gasteiger partial charge on any atom is 0.225 e. The predicted molar refractivity (Wildman–Crippen MR) is 144 cm³/mol. The SMILES string of the molecule is CCCCC(C)(CNC(C)=O)Nc1nc(NCc2ccc(OC)cc2OC)nc2c1CCN(C(C)=O)C2. The molecule has 1 aromatic heterocycles. The number of aromatic nitrogens is 2. The molecule has 3 rings (SSSR count). The van der Waals surface area contributed by atoms with E-state index in [-0.39, 0.29) is 11.8 Å². The number of nitrogens with one attached hydrogen (secondary N) is 3. The number of rotatable bonds is 12. The van der Waals surface area contributed by atoms with E-state index in [0.717, 1.165) is 41.9 Å². The molecule has 0 spiro atoms. The van der Waals surface area contributed by atoms with Crippen LogP contribution in [0.3, 0.4) is 0 Å². The Bertz CT molecular complexity index is 1110. The third kappa shape index (κ3) is 7.47. The molecule has 10 nitrogen and oxygen atoms in total. The summed E-state index contributed by atoms with van der Waals surface area (Å²) in [5.74, 6) is 2.57. The number of nitrogens with zero attached hydrogens (tertiary/aromatic N) is 3. The zero-order valence-electron chi connectivity index (χ0n) is 22.9. The molecule has 0 radical (unpaired) electrons. The minimum Gasteiger partial charge on any atom is -0.497 e. The summed E-state index contributed by atoms with van der Waals surface area (Å²) in [6.45, 7) is 9.33. The van der Waals surface area contributed by atoms with Crippen LogP contribution in [0.15, 0.2) is 18.2 Å². The predicted octanol–water partition coefficient (Wildman–Crippen LogP) is 3.51. The fourth-order valence-corrected chi connectivity index (χ4v) is 4.42. The van der Waals surface area contributed by atoms with E-state index in [1.54, 1.807) is 26.0 Å². The number of unbranched alkanes of at least 4 members (excludes halogenated alkanes) is 1. The number of anilines is 2. The Kier molecular flexibility index (Phi) is 9.54. The number of amides is 2. The number of carbonyl (C=O) groups excluding carboxylic acids is 2. The lowest BCUT2D eigenvalue weighted by Gasteiger charge is -2.35. The van der Waals surface area contributed by atoms with Crippen LogP contribution in [-0.4, -0.2) is 59.5 Å². The summed E-state index contributed by atoms with van der Waals surface area (Å²) in [5, 5.41) is 9.94. The maximum atomic E-state index is 12.1. The van der Waals surface area contributed by atoms with Gasteiger partial charge in [0, 0.05) is 50.7 Å². The molecule has 1 atom stereocenters. The van der Waals surface area contributed by atoms with E-state index in [4.69, 9.17) is 19.4 Å². The van der Waals surface area contributed by atoms with Crippen molar-refractivity contribution >= 4 is 23.6 Å². The molecule has 1 unspecified atom stereocenters. The Hall–Kier alpha value is -3.56. The molecular formula is C27H40N6O4. The van der Waals surface area contributed by atoms with Crippen molar-refractivity contribution in [3.63, 3.8) is 0 Å². The van der Waals surface area contributed by atoms with Crippen molar-refractivity contribution < 1.29 is 19.1 Å². The standard InChI is InChI=1S/C27H40N6O4/c1-7-8-12-27(4,17-29-18(2)34)32-25-22-11-13-33(19(3)35)16-23(22)30-26(31-25)28-15-20-9-10-21(36-5)14-24(20)37-6/h9-10,14H,7-8,11-13,15-17H2,1-6H3,(H,29,34)(H2,28,30,31,32). The summed E-state index contributed by atoms with van der Waals surface area (Å²) < 4.78 is 10.8. The first-order chi connectivity index (χ1) is 17.7. The molecule has 2 amide bonds. The normalized spacial score (nSPS) is 14.3. The maximum absolute atomic E-state index is 12.1. The fourth-order valence-electron chi connectivity index (χ4n) is 4.42. The molecule has 0 saturated carbocycles. The molecule has 0 saturated heterocycles. The third-order valence-electron chi connectivity index (χ3n) is 6.67. The Morgan fingerprint density at radius 2 is 1.95 bits per heavy atom. The zero-order valence-corrected chi connectivity index (χ0v) is 22.9.